The molecule has 0 N–H and O–H groups in total. The Morgan fingerprint density at radius 3 is 2.82 bits per heavy atom. The van der Waals surface area contributed by atoms with Crippen molar-refractivity contribution in [1.82, 2.24) is 0 Å². The lowest BCUT2D eigenvalue weighted by Crippen LogP contribution is -2.05. The zero-order chi connectivity index (χ0) is 11.9. The maximum atomic E-state index is 8.87. The van der Waals surface area contributed by atoms with E-state index in [1.165, 1.54) is 12.8 Å². The predicted molar refractivity (Wildman–Crippen MR) is 64.8 cm³/mol. The van der Waals surface area contributed by atoms with Crippen LogP contribution >= 0.6 is 0 Å². The van der Waals surface area contributed by atoms with Crippen molar-refractivity contribution in [3.05, 3.63) is 29.8 Å². The Morgan fingerprint density at radius 1 is 1.24 bits per heavy atom. The summed E-state index contributed by atoms with van der Waals surface area (Å²) in [6.07, 6.45) is 3.52. The third-order valence-corrected chi connectivity index (χ3v) is 2.75. The molecule has 0 heterocycles. The summed E-state index contributed by atoms with van der Waals surface area (Å²) in [5.74, 6) is 1.48. The highest BCUT2D eigenvalue weighted by atomic mass is 16.5. The van der Waals surface area contributed by atoms with E-state index in [0.717, 1.165) is 25.6 Å². The second kappa shape index (κ2) is 6.27. The summed E-state index contributed by atoms with van der Waals surface area (Å²) in [5.41, 5.74) is 0.589. The summed E-state index contributed by atoms with van der Waals surface area (Å²) in [4.78, 5) is 0. The zero-order valence-electron chi connectivity index (χ0n) is 9.89. The number of nitrogens with zero attached hydrogens (tertiary/aromatic N) is 1. The largest absolute Gasteiger partial charge is 0.492 e. The predicted octanol–water partition coefficient (Wildman–Crippen LogP) is 2.75. The van der Waals surface area contributed by atoms with Crippen molar-refractivity contribution in [2.24, 2.45) is 5.92 Å². The van der Waals surface area contributed by atoms with E-state index in [1.807, 2.05) is 18.2 Å². The number of nitriles is 1. The molecule has 1 fully saturated rings. The van der Waals surface area contributed by atoms with Gasteiger partial charge in [-0.05, 0) is 30.9 Å². The van der Waals surface area contributed by atoms with Crippen molar-refractivity contribution < 1.29 is 9.47 Å². The SMILES string of the molecule is N#Cc1ccccc1OCCCOCC1CC1. The number of hydrogen-bond acceptors (Lipinski definition) is 3. The van der Waals surface area contributed by atoms with Gasteiger partial charge in [0.15, 0.2) is 0 Å². The summed E-state index contributed by atoms with van der Waals surface area (Å²) < 4.78 is 11.1. The first-order valence-corrected chi connectivity index (χ1v) is 6.10. The molecule has 90 valence electrons. The van der Waals surface area contributed by atoms with Crippen LogP contribution in [0, 0.1) is 17.2 Å². The molecule has 3 heteroatoms. The number of ether oxygens (including phenoxy) is 2. The van der Waals surface area contributed by atoms with E-state index < -0.39 is 0 Å². The van der Waals surface area contributed by atoms with Gasteiger partial charge in [-0.3, -0.25) is 0 Å². The van der Waals surface area contributed by atoms with E-state index in [9.17, 15) is 0 Å². The molecule has 0 bridgehead atoms. The number of hydrogen-bond donors (Lipinski definition) is 0. The van der Waals surface area contributed by atoms with Crippen LogP contribution in [0.5, 0.6) is 5.75 Å². The van der Waals surface area contributed by atoms with Crippen LogP contribution in [-0.2, 0) is 4.74 Å². The maximum Gasteiger partial charge on any atom is 0.137 e. The maximum absolute atomic E-state index is 8.87. The highest BCUT2D eigenvalue weighted by molar-refractivity contribution is 5.42. The molecule has 0 aromatic heterocycles. The minimum Gasteiger partial charge on any atom is -0.492 e. The lowest BCUT2D eigenvalue weighted by Gasteiger charge is -2.07. The molecule has 1 aliphatic carbocycles. The fourth-order valence-electron chi connectivity index (χ4n) is 1.56. The van der Waals surface area contributed by atoms with Crippen LogP contribution in [0.25, 0.3) is 0 Å². The minimum absolute atomic E-state index is 0.589. The molecule has 0 unspecified atom stereocenters. The standard InChI is InChI=1S/C14H17NO2/c15-10-13-4-1-2-5-14(13)17-9-3-8-16-11-12-6-7-12/h1-2,4-5,12H,3,6-9,11H2. The lowest BCUT2D eigenvalue weighted by molar-refractivity contribution is 0.111. The Morgan fingerprint density at radius 2 is 2.06 bits per heavy atom. The molecule has 0 spiro atoms. The molecule has 3 nitrogen and oxygen atoms in total. The zero-order valence-corrected chi connectivity index (χ0v) is 9.89. The number of rotatable bonds is 7. The molecule has 0 atom stereocenters. The fraction of sp³-hybridized carbons (Fsp3) is 0.500. The quantitative estimate of drug-likeness (QED) is 0.678. The summed E-state index contributed by atoms with van der Waals surface area (Å²) in [6, 6.07) is 9.41. The molecule has 1 aromatic carbocycles. The van der Waals surface area contributed by atoms with Gasteiger partial charge in [0.2, 0.25) is 0 Å². The Kier molecular flexibility index (Phi) is 4.40. The average molecular weight is 231 g/mol. The Hall–Kier alpha value is -1.53. The second-order valence-electron chi connectivity index (χ2n) is 4.33. The van der Waals surface area contributed by atoms with E-state index in [2.05, 4.69) is 6.07 Å². The minimum atomic E-state index is 0.589. The highest BCUT2D eigenvalue weighted by Crippen LogP contribution is 2.28. The van der Waals surface area contributed by atoms with E-state index in [-0.39, 0.29) is 0 Å². The molecule has 17 heavy (non-hydrogen) atoms. The molecule has 0 amide bonds. The third-order valence-electron chi connectivity index (χ3n) is 2.75. The van der Waals surface area contributed by atoms with Crippen molar-refractivity contribution in [2.45, 2.75) is 19.3 Å². The first-order chi connectivity index (χ1) is 8.40. The normalized spacial score (nSPS) is 14.3. The monoisotopic (exact) mass is 231 g/mol. The summed E-state index contributed by atoms with van der Waals surface area (Å²) >= 11 is 0. The van der Waals surface area contributed by atoms with Gasteiger partial charge in [-0.1, -0.05) is 12.1 Å². The topological polar surface area (TPSA) is 42.2 Å². The van der Waals surface area contributed by atoms with Gasteiger partial charge >= 0.3 is 0 Å². The fourth-order valence-corrected chi connectivity index (χ4v) is 1.56. The van der Waals surface area contributed by atoms with Gasteiger partial charge in [0.25, 0.3) is 0 Å². The molecule has 0 saturated heterocycles. The van der Waals surface area contributed by atoms with Crippen LogP contribution in [0.3, 0.4) is 0 Å². The van der Waals surface area contributed by atoms with Crippen LogP contribution in [0.15, 0.2) is 24.3 Å². The van der Waals surface area contributed by atoms with Gasteiger partial charge in [0.1, 0.15) is 11.8 Å². The van der Waals surface area contributed by atoms with E-state index in [4.69, 9.17) is 14.7 Å². The molecular formula is C14H17NO2. The van der Waals surface area contributed by atoms with Crippen LogP contribution < -0.4 is 4.74 Å². The van der Waals surface area contributed by atoms with Crippen molar-refractivity contribution in [2.75, 3.05) is 19.8 Å². The van der Waals surface area contributed by atoms with Crippen LogP contribution in [0.4, 0.5) is 0 Å². The molecular weight excluding hydrogens is 214 g/mol. The first-order valence-electron chi connectivity index (χ1n) is 6.10. The van der Waals surface area contributed by atoms with Gasteiger partial charge in [-0.2, -0.15) is 5.26 Å². The van der Waals surface area contributed by atoms with Crippen LogP contribution in [0.2, 0.25) is 0 Å². The Labute approximate surface area is 102 Å². The van der Waals surface area contributed by atoms with E-state index in [1.54, 1.807) is 6.07 Å². The molecule has 0 radical (unpaired) electrons. The van der Waals surface area contributed by atoms with E-state index >= 15 is 0 Å². The number of benzene rings is 1. The van der Waals surface area contributed by atoms with Gasteiger partial charge < -0.3 is 9.47 Å². The second-order valence-corrected chi connectivity index (χ2v) is 4.33. The average Bonchev–Trinajstić information content (AvgIpc) is 3.18. The Balaban J connectivity index is 1.61. The third kappa shape index (κ3) is 4.08. The van der Waals surface area contributed by atoms with Gasteiger partial charge in [-0.15, -0.1) is 0 Å². The van der Waals surface area contributed by atoms with Crippen LogP contribution in [-0.4, -0.2) is 19.8 Å². The molecule has 1 saturated carbocycles. The molecule has 2 rings (SSSR count). The Bertz CT molecular complexity index is 393. The van der Waals surface area contributed by atoms with Crippen LogP contribution in [0.1, 0.15) is 24.8 Å². The molecule has 0 aliphatic heterocycles. The van der Waals surface area contributed by atoms with Gasteiger partial charge in [0.05, 0.1) is 12.2 Å². The van der Waals surface area contributed by atoms with Crippen molar-refractivity contribution in [3.8, 4) is 11.8 Å². The summed E-state index contributed by atoms with van der Waals surface area (Å²) in [7, 11) is 0. The smallest absolute Gasteiger partial charge is 0.137 e. The molecule has 1 aromatic rings. The first kappa shape index (κ1) is 11.9. The summed E-state index contributed by atoms with van der Waals surface area (Å²) in [5, 5.41) is 8.87. The highest BCUT2D eigenvalue weighted by Gasteiger charge is 2.20. The lowest BCUT2D eigenvalue weighted by atomic mass is 10.2. The van der Waals surface area contributed by atoms with Crippen molar-refractivity contribution in [3.63, 3.8) is 0 Å². The summed E-state index contributed by atoms with van der Waals surface area (Å²) in [6.45, 7) is 2.24. The van der Waals surface area contributed by atoms with Crippen molar-refractivity contribution in [1.29, 1.82) is 5.26 Å². The van der Waals surface area contributed by atoms with Gasteiger partial charge in [-0.25, -0.2) is 0 Å². The van der Waals surface area contributed by atoms with Gasteiger partial charge in [0, 0.05) is 19.6 Å². The van der Waals surface area contributed by atoms with E-state index in [0.29, 0.717) is 17.9 Å². The number of para-hydroxylation sites is 1. The molecule has 1 aliphatic rings. The van der Waals surface area contributed by atoms with Crippen molar-refractivity contribution >= 4 is 0 Å².